The SMILES string of the molecule is O=c1[nH]c2ccc(S(=O)(=O)Nc3cc(C(F)(F)F)ccc3-n3cccc3)cc2o1. The van der Waals surface area contributed by atoms with Gasteiger partial charge in [-0.3, -0.25) is 9.71 Å². The molecule has 0 spiro atoms. The van der Waals surface area contributed by atoms with E-state index < -0.39 is 27.5 Å². The molecule has 29 heavy (non-hydrogen) atoms. The minimum atomic E-state index is -4.65. The zero-order valence-corrected chi connectivity index (χ0v) is 15.2. The number of aromatic amines is 1. The molecule has 150 valence electrons. The van der Waals surface area contributed by atoms with E-state index in [0.29, 0.717) is 5.52 Å². The number of oxazole rings is 1. The molecule has 0 amide bonds. The Morgan fingerprint density at radius 1 is 1.03 bits per heavy atom. The number of H-pyrrole nitrogens is 1. The molecule has 0 fully saturated rings. The first-order valence-electron chi connectivity index (χ1n) is 8.14. The molecule has 0 aliphatic carbocycles. The maximum Gasteiger partial charge on any atom is 0.417 e. The van der Waals surface area contributed by atoms with E-state index in [1.54, 1.807) is 24.5 Å². The fourth-order valence-corrected chi connectivity index (χ4v) is 3.89. The monoisotopic (exact) mass is 423 g/mol. The van der Waals surface area contributed by atoms with Crippen molar-refractivity contribution >= 4 is 26.8 Å². The molecule has 0 unspecified atom stereocenters. The van der Waals surface area contributed by atoms with Crippen molar-refractivity contribution in [3.8, 4) is 5.69 Å². The Kier molecular flexibility index (Phi) is 4.26. The van der Waals surface area contributed by atoms with E-state index in [1.807, 2.05) is 0 Å². The quantitative estimate of drug-likeness (QED) is 0.523. The molecule has 7 nitrogen and oxygen atoms in total. The Labute approximate surface area is 161 Å². The lowest BCUT2D eigenvalue weighted by atomic mass is 10.1. The fraction of sp³-hybridized carbons (Fsp3) is 0.0556. The highest BCUT2D eigenvalue weighted by Gasteiger charge is 2.32. The van der Waals surface area contributed by atoms with Gasteiger partial charge < -0.3 is 8.98 Å². The summed E-state index contributed by atoms with van der Waals surface area (Å²) in [4.78, 5) is 13.4. The largest absolute Gasteiger partial charge is 0.417 e. The zero-order chi connectivity index (χ0) is 20.8. The average Bonchev–Trinajstić information content (AvgIpc) is 3.28. The molecule has 2 heterocycles. The average molecular weight is 423 g/mol. The van der Waals surface area contributed by atoms with Gasteiger partial charge in [0.15, 0.2) is 5.58 Å². The van der Waals surface area contributed by atoms with Crippen LogP contribution in [-0.4, -0.2) is 18.0 Å². The second-order valence-electron chi connectivity index (χ2n) is 6.10. The van der Waals surface area contributed by atoms with Crippen LogP contribution in [-0.2, 0) is 16.2 Å². The highest BCUT2D eigenvalue weighted by Crippen LogP contribution is 2.34. The van der Waals surface area contributed by atoms with Gasteiger partial charge in [-0.25, -0.2) is 13.2 Å². The third-order valence-electron chi connectivity index (χ3n) is 4.15. The Morgan fingerprint density at radius 2 is 1.76 bits per heavy atom. The Hall–Kier alpha value is -3.47. The zero-order valence-electron chi connectivity index (χ0n) is 14.4. The van der Waals surface area contributed by atoms with Crippen LogP contribution in [0.15, 0.2) is 75.0 Å². The molecular formula is C18H12F3N3O4S. The van der Waals surface area contributed by atoms with Gasteiger partial charge >= 0.3 is 11.9 Å². The standard InChI is InChI=1S/C18H12F3N3O4S/c19-18(20,21)11-3-6-15(24-7-1-2-8-24)14(9-11)23-29(26,27)12-4-5-13-16(10-12)28-17(25)22-13/h1-10,23H,(H,22,25). The van der Waals surface area contributed by atoms with Crippen molar-refractivity contribution in [1.29, 1.82) is 0 Å². The molecule has 0 saturated heterocycles. The van der Waals surface area contributed by atoms with Gasteiger partial charge in [0, 0.05) is 18.5 Å². The highest BCUT2D eigenvalue weighted by atomic mass is 32.2. The lowest BCUT2D eigenvalue weighted by Crippen LogP contribution is -2.16. The summed E-state index contributed by atoms with van der Waals surface area (Å²) in [5.74, 6) is -0.754. The molecule has 0 bridgehead atoms. The maximum atomic E-state index is 13.1. The minimum absolute atomic E-state index is 0.00699. The third kappa shape index (κ3) is 3.63. The Balaban J connectivity index is 1.81. The van der Waals surface area contributed by atoms with Crippen LogP contribution in [0.25, 0.3) is 16.8 Å². The first kappa shape index (κ1) is 18.9. The van der Waals surface area contributed by atoms with Crippen molar-refractivity contribution in [2.75, 3.05) is 4.72 Å². The van der Waals surface area contributed by atoms with Crippen LogP contribution >= 0.6 is 0 Å². The molecule has 0 aliphatic heterocycles. The van der Waals surface area contributed by atoms with Crippen molar-refractivity contribution < 1.29 is 26.0 Å². The number of hydrogen-bond donors (Lipinski definition) is 2. The van der Waals surface area contributed by atoms with Gasteiger partial charge in [-0.15, -0.1) is 0 Å². The first-order valence-corrected chi connectivity index (χ1v) is 9.62. The van der Waals surface area contributed by atoms with Crippen LogP contribution in [0.4, 0.5) is 18.9 Å². The topological polar surface area (TPSA) is 97.1 Å². The molecule has 11 heteroatoms. The van der Waals surface area contributed by atoms with Gasteiger partial charge in [0.2, 0.25) is 0 Å². The maximum absolute atomic E-state index is 13.1. The van der Waals surface area contributed by atoms with Gasteiger partial charge in [0.1, 0.15) is 0 Å². The molecule has 4 aromatic rings. The van der Waals surface area contributed by atoms with Crippen LogP contribution in [0, 0.1) is 0 Å². The number of rotatable bonds is 4. The summed E-state index contributed by atoms with van der Waals surface area (Å²) in [7, 11) is -4.28. The molecule has 2 N–H and O–H groups in total. The number of alkyl halides is 3. The number of halogens is 3. The molecular weight excluding hydrogens is 411 g/mol. The van der Waals surface area contributed by atoms with E-state index in [-0.39, 0.29) is 21.9 Å². The van der Waals surface area contributed by atoms with Gasteiger partial charge in [0.25, 0.3) is 10.0 Å². The van der Waals surface area contributed by atoms with Crippen molar-refractivity contribution in [3.63, 3.8) is 0 Å². The number of nitrogens with zero attached hydrogens (tertiary/aromatic N) is 1. The number of sulfonamides is 1. The summed E-state index contributed by atoms with van der Waals surface area (Å²) < 4.78 is 73.6. The van der Waals surface area contributed by atoms with Crippen molar-refractivity contribution in [3.05, 3.63) is 77.0 Å². The number of aromatic nitrogens is 2. The summed E-state index contributed by atoms with van der Waals surface area (Å²) in [5.41, 5.74) is -0.751. The van der Waals surface area contributed by atoms with Crippen molar-refractivity contribution in [1.82, 2.24) is 9.55 Å². The molecule has 0 saturated carbocycles. The van der Waals surface area contributed by atoms with E-state index in [4.69, 9.17) is 4.42 Å². The summed E-state index contributed by atoms with van der Waals surface area (Å²) in [6.45, 7) is 0. The van der Waals surface area contributed by atoms with Gasteiger partial charge in [-0.1, -0.05) is 0 Å². The van der Waals surface area contributed by atoms with Crippen LogP contribution < -0.4 is 10.5 Å². The smallest absolute Gasteiger partial charge is 0.408 e. The summed E-state index contributed by atoms with van der Waals surface area (Å²) in [6, 6.07) is 9.71. The number of fused-ring (bicyclic) bond motifs is 1. The lowest BCUT2D eigenvalue weighted by Gasteiger charge is -2.16. The van der Waals surface area contributed by atoms with Crippen LogP contribution in [0.5, 0.6) is 0 Å². The molecule has 4 rings (SSSR count). The van der Waals surface area contributed by atoms with Crippen molar-refractivity contribution in [2.24, 2.45) is 0 Å². The molecule has 2 aromatic carbocycles. The predicted molar refractivity (Wildman–Crippen MR) is 98.4 cm³/mol. The van der Waals surface area contributed by atoms with Crippen molar-refractivity contribution in [2.45, 2.75) is 11.1 Å². The van der Waals surface area contributed by atoms with Gasteiger partial charge in [0.05, 0.1) is 27.4 Å². The lowest BCUT2D eigenvalue weighted by molar-refractivity contribution is -0.137. The third-order valence-corrected chi connectivity index (χ3v) is 5.52. The fourth-order valence-electron chi connectivity index (χ4n) is 2.81. The summed E-state index contributed by atoms with van der Waals surface area (Å²) in [5, 5.41) is 0. The predicted octanol–water partition coefficient (Wildman–Crippen LogP) is 3.73. The molecule has 2 aromatic heterocycles. The number of hydrogen-bond acceptors (Lipinski definition) is 4. The van der Waals surface area contributed by atoms with E-state index in [9.17, 15) is 26.4 Å². The molecule has 0 radical (unpaired) electrons. The van der Waals surface area contributed by atoms with Crippen LogP contribution in [0.2, 0.25) is 0 Å². The van der Waals surface area contributed by atoms with Crippen LogP contribution in [0.1, 0.15) is 5.56 Å². The molecule has 0 aliphatic rings. The number of nitrogens with one attached hydrogen (secondary N) is 2. The highest BCUT2D eigenvalue weighted by molar-refractivity contribution is 7.92. The summed E-state index contributed by atoms with van der Waals surface area (Å²) in [6.07, 6.45) is -1.51. The van der Waals surface area contributed by atoms with E-state index >= 15 is 0 Å². The Bertz CT molecular complexity index is 1350. The van der Waals surface area contributed by atoms with E-state index in [2.05, 4.69) is 9.71 Å². The Morgan fingerprint density at radius 3 is 2.45 bits per heavy atom. The number of anilines is 1. The second kappa shape index (κ2) is 6.55. The normalized spacial score (nSPS) is 12.4. The van der Waals surface area contributed by atoms with Gasteiger partial charge in [-0.2, -0.15) is 13.2 Å². The first-order chi connectivity index (χ1) is 13.6. The number of benzene rings is 2. The summed E-state index contributed by atoms with van der Waals surface area (Å²) >= 11 is 0. The van der Waals surface area contributed by atoms with E-state index in [1.165, 1.54) is 22.8 Å². The van der Waals surface area contributed by atoms with Gasteiger partial charge in [-0.05, 0) is 42.5 Å². The second-order valence-corrected chi connectivity index (χ2v) is 7.78. The van der Waals surface area contributed by atoms with Crippen LogP contribution in [0.3, 0.4) is 0 Å². The van der Waals surface area contributed by atoms with E-state index in [0.717, 1.165) is 18.2 Å². The molecule has 0 atom stereocenters. The minimum Gasteiger partial charge on any atom is -0.408 e.